The highest BCUT2D eigenvalue weighted by Crippen LogP contribution is 2.18. The molecule has 102 valence electrons. The van der Waals surface area contributed by atoms with Gasteiger partial charge in [-0.25, -0.2) is 4.39 Å². The van der Waals surface area contributed by atoms with Gasteiger partial charge in [0.15, 0.2) is 0 Å². The number of benzene rings is 1. The van der Waals surface area contributed by atoms with Crippen molar-refractivity contribution in [2.75, 3.05) is 31.7 Å². The number of rotatable bonds is 6. The second kappa shape index (κ2) is 6.59. The summed E-state index contributed by atoms with van der Waals surface area (Å²) in [7, 11) is 4.07. The van der Waals surface area contributed by atoms with Crippen molar-refractivity contribution in [3.8, 4) is 0 Å². The van der Waals surface area contributed by atoms with E-state index in [-0.39, 0.29) is 5.82 Å². The summed E-state index contributed by atoms with van der Waals surface area (Å²) in [5.74, 6) is 0.291. The molecule has 1 aromatic carbocycles. The average Bonchev–Trinajstić information content (AvgIpc) is 2.12. The lowest BCUT2D eigenvalue weighted by molar-refractivity contribution is 0.356. The van der Waals surface area contributed by atoms with Crippen LogP contribution in [0.15, 0.2) is 18.2 Å². The Hall–Kier alpha value is -1.29. The molecule has 3 N–H and O–H groups in total. The van der Waals surface area contributed by atoms with Crippen LogP contribution >= 0.6 is 0 Å². The number of likely N-dealkylation sites (N-methyl/N-ethyl adjacent to an activating group) is 1. The molecule has 18 heavy (non-hydrogen) atoms. The van der Waals surface area contributed by atoms with Crippen LogP contribution in [0.3, 0.4) is 0 Å². The molecule has 0 saturated carbocycles. The molecule has 1 rings (SSSR count). The lowest BCUT2D eigenvalue weighted by Crippen LogP contribution is -2.33. The number of nitrogens with zero attached hydrogens (tertiary/aromatic N) is 1. The molecular weight excluding hydrogens is 229 g/mol. The number of nitrogen functional groups attached to an aromatic ring is 1. The van der Waals surface area contributed by atoms with Crippen LogP contribution < -0.4 is 11.1 Å². The van der Waals surface area contributed by atoms with E-state index >= 15 is 0 Å². The van der Waals surface area contributed by atoms with Gasteiger partial charge in [-0.1, -0.05) is 13.8 Å². The molecule has 0 amide bonds. The Kier molecular flexibility index (Phi) is 5.41. The maximum atomic E-state index is 13.3. The third kappa shape index (κ3) is 5.36. The molecule has 0 aliphatic carbocycles. The fourth-order valence-corrected chi connectivity index (χ4v) is 2.12. The first kappa shape index (κ1) is 14.8. The highest BCUT2D eigenvalue weighted by atomic mass is 19.1. The van der Waals surface area contributed by atoms with Crippen molar-refractivity contribution in [1.29, 1.82) is 0 Å². The van der Waals surface area contributed by atoms with Gasteiger partial charge in [0, 0.05) is 24.0 Å². The minimum absolute atomic E-state index is 0.293. The Morgan fingerprint density at radius 1 is 1.28 bits per heavy atom. The van der Waals surface area contributed by atoms with Crippen LogP contribution in [-0.2, 0) is 0 Å². The summed E-state index contributed by atoms with van der Waals surface area (Å²) < 4.78 is 13.3. The smallest absolute Gasteiger partial charge is 0.127 e. The van der Waals surface area contributed by atoms with Gasteiger partial charge in [0.05, 0.1) is 0 Å². The van der Waals surface area contributed by atoms with Crippen LogP contribution in [0.1, 0.15) is 20.3 Å². The van der Waals surface area contributed by atoms with Gasteiger partial charge in [0.25, 0.3) is 0 Å². The molecule has 0 aliphatic rings. The Labute approximate surface area is 109 Å². The summed E-state index contributed by atoms with van der Waals surface area (Å²) in [6.45, 7) is 5.28. The van der Waals surface area contributed by atoms with E-state index < -0.39 is 0 Å². The van der Waals surface area contributed by atoms with E-state index in [9.17, 15) is 4.39 Å². The van der Waals surface area contributed by atoms with Crippen molar-refractivity contribution >= 4 is 11.4 Å². The number of hydrogen-bond donors (Lipinski definition) is 2. The lowest BCUT2D eigenvalue weighted by atomic mass is 10.0. The number of halogens is 1. The standard InChI is InChI=1S/C14H24FN3/c1-10(2)5-14(9-18(3)4)17-13-7-11(15)6-12(16)8-13/h6-8,10,14,17H,5,9,16H2,1-4H3. The maximum absolute atomic E-state index is 13.3. The van der Waals surface area contributed by atoms with E-state index in [2.05, 4.69) is 24.1 Å². The largest absolute Gasteiger partial charge is 0.399 e. The highest BCUT2D eigenvalue weighted by Gasteiger charge is 2.12. The second-order valence-corrected chi connectivity index (χ2v) is 5.51. The molecule has 0 fully saturated rings. The monoisotopic (exact) mass is 253 g/mol. The van der Waals surface area contributed by atoms with E-state index in [1.807, 2.05) is 14.1 Å². The predicted molar refractivity (Wildman–Crippen MR) is 76.2 cm³/mol. The molecule has 3 nitrogen and oxygen atoms in total. The van der Waals surface area contributed by atoms with Gasteiger partial charge in [0.2, 0.25) is 0 Å². The van der Waals surface area contributed by atoms with E-state index in [4.69, 9.17) is 5.73 Å². The van der Waals surface area contributed by atoms with Crippen LogP contribution in [0.5, 0.6) is 0 Å². The number of anilines is 2. The number of nitrogens with two attached hydrogens (primary N) is 1. The molecule has 0 aliphatic heterocycles. The quantitative estimate of drug-likeness (QED) is 0.766. The zero-order valence-corrected chi connectivity index (χ0v) is 11.7. The van der Waals surface area contributed by atoms with Crippen molar-refractivity contribution in [3.63, 3.8) is 0 Å². The maximum Gasteiger partial charge on any atom is 0.127 e. The van der Waals surface area contributed by atoms with Gasteiger partial charge >= 0.3 is 0 Å². The van der Waals surface area contributed by atoms with Crippen LogP contribution in [0, 0.1) is 11.7 Å². The predicted octanol–water partition coefficient (Wildman–Crippen LogP) is 2.80. The number of nitrogens with one attached hydrogen (secondary N) is 1. The Morgan fingerprint density at radius 2 is 1.94 bits per heavy atom. The first-order chi connectivity index (χ1) is 8.36. The van der Waals surface area contributed by atoms with Gasteiger partial charge in [-0.2, -0.15) is 0 Å². The molecule has 0 radical (unpaired) electrons. The molecule has 4 heteroatoms. The first-order valence-corrected chi connectivity index (χ1v) is 6.34. The highest BCUT2D eigenvalue weighted by molar-refractivity contribution is 5.55. The Balaban J connectivity index is 2.74. The van der Waals surface area contributed by atoms with Gasteiger partial charge in [-0.15, -0.1) is 0 Å². The van der Waals surface area contributed by atoms with E-state index in [1.165, 1.54) is 12.1 Å². The van der Waals surface area contributed by atoms with Crippen LogP contribution in [-0.4, -0.2) is 31.6 Å². The van der Waals surface area contributed by atoms with Gasteiger partial charge in [0.1, 0.15) is 5.82 Å². The Morgan fingerprint density at radius 3 is 2.44 bits per heavy atom. The summed E-state index contributed by atoms with van der Waals surface area (Å²) in [6, 6.07) is 4.88. The summed E-state index contributed by atoms with van der Waals surface area (Å²) in [5.41, 5.74) is 6.85. The van der Waals surface area contributed by atoms with Crippen molar-refractivity contribution in [2.24, 2.45) is 5.92 Å². The molecule has 1 unspecified atom stereocenters. The molecule has 0 heterocycles. The zero-order chi connectivity index (χ0) is 13.7. The van der Waals surface area contributed by atoms with E-state index in [0.717, 1.165) is 18.7 Å². The van der Waals surface area contributed by atoms with E-state index in [0.29, 0.717) is 17.6 Å². The van der Waals surface area contributed by atoms with Crippen LogP contribution in [0.25, 0.3) is 0 Å². The molecule has 1 atom stereocenters. The summed E-state index contributed by atoms with van der Waals surface area (Å²) in [6.07, 6.45) is 1.04. The summed E-state index contributed by atoms with van der Waals surface area (Å²) in [5, 5.41) is 3.36. The van der Waals surface area contributed by atoms with Crippen molar-refractivity contribution in [2.45, 2.75) is 26.3 Å². The topological polar surface area (TPSA) is 41.3 Å². The summed E-state index contributed by atoms with van der Waals surface area (Å²) >= 11 is 0. The lowest BCUT2D eigenvalue weighted by Gasteiger charge is -2.25. The van der Waals surface area contributed by atoms with Crippen molar-refractivity contribution in [3.05, 3.63) is 24.0 Å². The second-order valence-electron chi connectivity index (χ2n) is 5.51. The fraction of sp³-hybridized carbons (Fsp3) is 0.571. The van der Waals surface area contributed by atoms with Crippen LogP contribution in [0.4, 0.5) is 15.8 Å². The third-order valence-corrected chi connectivity index (χ3v) is 2.63. The zero-order valence-electron chi connectivity index (χ0n) is 11.7. The molecule has 0 spiro atoms. The normalized spacial score (nSPS) is 13.1. The molecule has 0 saturated heterocycles. The van der Waals surface area contributed by atoms with Crippen LogP contribution in [0.2, 0.25) is 0 Å². The van der Waals surface area contributed by atoms with Gasteiger partial charge < -0.3 is 16.0 Å². The van der Waals surface area contributed by atoms with Crippen molar-refractivity contribution in [1.82, 2.24) is 4.90 Å². The minimum atomic E-state index is -0.300. The van der Waals surface area contributed by atoms with Gasteiger partial charge in [-0.05, 0) is 44.6 Å². The molecule has 0 aromatic heterocycles. The average molecular weight is 253 g/mol. The molecule has 0 bridgehead atoms. The Bertz CT molecular complexity index is 347. The van der Waals surface area contributed by atoms with Crippen molar-refractivity contribution < 1.29 is 4.39 Å². The minimum Gasteiger partial charge on any atom is -0.399 e. The van der Waals surface area contributed by atoms with Gasteiger partial charge in [-0.3, -0.25) is 0 Å². The fourth-order valence-electron chi connectivity index (χ4n) is 2.12. The molecular formula is C14H24FN3. The SMILES string of the molecule is CC(C)CC(CN(C)C)Nc1cc(N)cc(F)c1. The summed E-state index contributed by atoms with van der Waals surface area (Å²) in [4.78, 5) is 2.13. The first-order valence-electron chi connectivity index (χ1n) is 6.34. The van der Waals surface area contributed by atoms with E-state index in [1.54, 1.807) is 6.07 Å². The number of hydrogen-bond acceptors (Lipinski definition) is 3. The molecule has 1 aromatic rings. The third-order valence-electron chi connectivity index (χ3n) is 2.63.